The number of nitrogens with one attached hydrogen (secondary N) is 2. The third kappa shape index (κ3) is 4.38. The van der Waals surface area contributed by atoms with Gasteiger partial charge in [-0.3, -0.25) is 4.79 Å². The molecule has 1 saturated heterocycles. The van der Waals surface area contributed by atoms with Gasteiger partial charge in [-0.25, -0.2) is 13.4 Å². The molecule has 1 atom stereocenters. The first-order chi connectivity index (χ1) is 15.3. The molecule has 1 aliphatic rings. The summed E-state index contributed by atoms with van der Waals surface area (Å²) in [5, 5.41) is 2.97. The second-order valence-corrected chi connectivity index (χ2v) is 9.89. The Bertz CT molecular complexity index is 1250. The van der Waals surface area contributed by atoms with E-state index in [1.807, 2.05) is 6.07 Å². The number of fused-ring (bicyclic) bond motifs is 1. The second kappa shape index (κ2) is 9.19. The summed E-state index contributed by atoms with van der Waals surface area (Å²) in [7, 11) is -3.71. The van der Waals surface area contributed by atoms with Gasteiger partial charge in [0.25, 0.3) is 5.91 Å². The monoisotopic (exact) mass is 476 g/mol. The number of halogens is 1. The van der Waals surface area contributed by atoms with E-state index in [9.17, 15) is 13.2 Å². The van der Waals surface area contributed by atoms with Crippen LogP contribution < -0.4 is 5.32 Å². The molecular weight excluding hydrogens is 452 g/mol. The summed E-state index contributed by atoms with van der Waals surface area (Å²) < 4.78 is 32.7. The molecule has 170 valence electrons. The molecule has 0 saturated carbocycles. The largest absolute Gasteiger partial charge is 0.370 e. The number of rotatable bonds is 7. The van der Waals surface area contributed by atoms with Crippen LogP contribution in [0.1, 0.15) is 49.0 Å². The first kappa shape index (κ1) is 22.7. The summed E-state index contributed by atoms with van der Waals surface area (Å²) in [6.45, 7) is 4.93. The molecule has 0 aliphatic carbocycles. The van der Waals surface area contributed by atoms with Crippen LogP contribution in [-0.4, -0.2) is 48.3 Å². The molecule has 32 heavy (non-hydrogen) atoms. The minimum atomic E-state index is -3.71. The standard InChI is InChI=1S/C22H25ClN4O4S/c1-3-27(4-2)32(29,30)15-8-9-17(23)16(13-15)22(28)24-14-7-10-18-19(12-14)26-21(25-18)20-6-5-11-31-20/h7-10,12-13,20H,3-6,11H2,1-2H3,(H,24,28)(H,25,26). The van der Waals surface area contributed by atoms with E-state index in [1.54, 1.807) is 26.0 Å². The van der Waals surface area contributed by atoms with Crippen molar-refractivity contribution in [2.75, 3.05) is 25.0 Å². The normalized spacial score (nSPS) is 16.7. The molecule has 1 aliphatic heterocycles. The molecule has 3 aromatic rings. The highest BCUT2D eigenvalue weighted by molar-refractivity contribution is 7.89. The molecule has 0 spiro atoms. The number of sulfonamides is 1. The third-order valence-corrected chi connectivity index (χ3v) is 7.89. The van der Waals surface area contributed by atoms with E-state index in [0.717, 1.165) is 36.3 Å². The molecule has 8 nitrogen and oxygen atoms in total. The molecule has 0 bridgehead atoms. The number of nitrogens with zero attached hydrogens (tertiary/aromatic N) is 2. The van der Waals surface area contributed by atoms with Crippen LogP contribution in [0.5, 0.6) is 0 Å². The average molecular weight is 477 g/mol. The van der Waals surface area contributed by atoms with Gasteiger partial charge in [0.15, 0.2) is 0 Å². The quantitative estimate of drug-likeness (QED) is 0.527. The summed E-state index contributed by atoms with van der Waals surface area (Å²) in [5.41, 5.74) is 2.18. The molecule has 2 heterocycles. The molecule has 10 heteroatoms. The summed E-state index contributed by atoms with van der Waals surface area (Å²) in [5.74, 6) is 0.281. The Kier molecular flexibility index (Phi) is 6.52. The Morgan fingerprint density at radius 1 is 1.25 bits per heavy atom. The van der Waals surface area contributed by atoms with Crippen LogP contribution in [0.3, 0.4) is 0 Å². The smallest absolute Gasteiger partial charge is 0.257 e. The van der Waals surface area contributed by atoms with Gasteiger partial charge in [-0.2, -0.15) is 4.31 Å². The zero-order valence-electron chi connectivity index (χ0n) is 17.9. The average Bonchev–Trinajstić information content (AvgIpc) is 3.44. The number of hydrogen-bond donors (Lipinski definition) is 2. The first-order valence-corrected chi connectivity index (χ1v) is 12.4. The first-order valence-electron chi connectivity index (χ1n) is 10.6. The fraction of sp³-hybridized carbons (Fsp3) is 0.364. The van der Waals surface area contributed by atoms with Crippen molar-refractivity contribution in [3.8, 4) is 0 Å². The van der Waals surface area contributed by atoms with Crippen LogP contribution in [0, 0.1) is 0 Å². The number of aromatic amines is 1. The minimum absolute atomic E-state index is 0.0287. The Balaban J connectivity index is 1.59. The van der Waals surface area contributed by atoms with E-state index < -0.39 is 15.9 Å². The van der Waals surface area contributed by atoms with Crippen molar-refractivity contribution in [2.45, 2.75) is 37.7 Å². The number of carbonyl (C=O) groups excluding carboxylic acids is 1. The topological polar surface area (TPSA) is 104 Å². The van der Waals surface area contributed by atoms with Gasteiger partial charge in [-0.05, 0) is 49.2 Å². The van der Waals surface area contributed by atoms with Crippen LogP contribution in [0.25, 0.3) is 11.0 Å². The van der Waals surface area contributed by atoms with Crippen LogP contribution in [0.4, 0.5) is 5.69 Å². The maximum atomic E-state index is 12.9. The molecule has 0 radical (unpaired) electrons. The molecular formula is C22H25ClN4O4S. The number of ether oxygens (including phenoxy) is 1. The number of anilines is 1. The maximum absolute atomic E-state index is 12.9. The zero-order chi connectivity index (χ0) is 22.9. The second-order valence-electron chi connectivity index (χ2n) is 7.54. The van der Waals surface area contributed by atoms with Crippen molar-refractivity contribution < 1.29 is 17.9 Å². The fourth-order valence-electron chi connectivity index (χ4n) is 3.80. The number of benzene rings is 2. The van der Waals surface area contributed by atoms with Gasteiger partial charge in [0.2, 0.25) is 10.0 Å². The van der Waals surface area contributed by atoms with Gasteiger partial charge >= 0.3 is 0 Å². The number of amides is 1. The molecule has 1 unspecified atom stereocenters. The number of imidazole rings is 1. The van der Waals surface area contributed by atoms with Crippen molar-refractivity contribution >= 4 is 44.3 Å². The van der Waals surface area contributed by atoms with Crippen molar-refractivity contribution in [3.63, 3.8) is 0 Å². The Morgan fingerprint density at radius 3 is 2.72 bits per heavy atom. The van der Waals surface area contributed by atoms with Crippen molar-refractivity contribution in [3.05, 3.63) is 52.8 Å². The predicted molar refractivity (Wildman–Crippen MR) is 124 cm³/mol. The number of aromatic nitrogens is 2. The van der Waals surface area contributed by atoms with Gasteiger partial charge in [-0.15, -0.1) is 0 Å². The van der Waals surface area contributed by atoms with E-state index in [1.165, 1.54) is 22.5 Å². The lowest BCUT2D eigenvalue weighted by molar-refractivity contribution is 0.102. The van der Waals surface area contributed by atoms with Gasteiger partial charge in [0, 0.05) is 25.4 Å². The highest BCUT2D eigenvalue weighted by Gasteiger charge is 2.24. The minimum Gasteiger partial charge on any atom is -0.370 e. The van der Waals surface area contributed by atoms with E-state index in [4.69, 9.17) is 16.3 Å². The van der Waals surface area contributed by atoms with Gasteiger partial charge in [0.05, 0.1) is 26.5 Å². The SMILES string of the molecule is CCN(CC)S(=O)(=O)c1ccc(Cl)c(C(=O)Nc2ccc3nc(C4CCCO4)[nH]c3c2)c1. The summed E-state index contributed by atoms with van der Waals surface area (Å²) in [6, 6.07) is 9.49. The maximum Gasteiger partial charge on any atom is 0.257 e. The Labute approximate surface area is 192 Å². The molecule has 1 fully saturated rings. The van der Waals surface area contributed by atoms with E-state index in [0.29, 0.717) is 18.8 Å². The molecule has 1 amide bonds. The lowest BCUT2D eigenvalue weighted by atomic mass is 10.2. The van der Waals surface area contributed by atoms with Gasteiger partial charge < -0.3 is 15.0 Å². The van der Waals surface area contributed by atoms with E-state index in [-0.39, 0.29) is 21.6 Å². The van der Waals surface area contributed by atoms with Crippen molar-refractivity contribution in [1.82, 2.24) is 14.3 Å². The summed E-state index contributed by atoms with van der Waals surface area (Å²) in [6.07, 6.45) is 1.90. The number of carbonyl (C=O) groups is 1. The zero-order valence-corrected chi connectivity index (χ0v) is 19.5. The van der Waals surface area contributed by atoms with Gasteiger partial charge in [0.1, 0.15) is 11.9 Å². The molecule has 2 aromatic carbocycles. The molecule has 4 rings (SSSR count). The van der Waals surface area contributed by atoms with E-state index in [2.05, 4.69) is 15.3 Å². The van der Waals surface area contributed by atoms with Gasteiger partial charge in [-0.1, -0.05) is 25.4 Å². The van der Waals surface area contributed by atoms with Crippen LogP contribution >= 0.6 is 11.6 Å². The fourth-order valence-corrected chi connectivity index (χ4v) is 5.49. The van der Waals surface area contributed by atoms with Crippen LogP contribution in [0.15, 0.2) is 41.3 Å². The highest BCUT2D eigenvalue weighted by atomic mass is 35.5. The molecule has 1 aromatic heterocycles. The Hall–Kier alpha value is -2.46. The summed E-state index contributed by atoms with van der Waals surface area (Å²) in [4.78, 5) is 20.8. The highest BCUT2D eigenvalue weighted by Crippen LogP contribution is 2.29. The lowest BCUT2D eigenvalue weighted by Gasteiger charge is -2.19. The third-order valence-electron chi connectivity index (χ3n) is 5.52. The number of hydrogen-bond acceptors (Lipinski definition) is 5. The predicted octanol–water partition coefficient (Wildman–Crippen LogP) is 4.35. The Morgan fingerprint density at radius 2 is 2.03 bits per heavy atom. The van der Waals surface area contributed by atoms with Crippen LogP contribution in [-0.2, 0) is 14.8 Å². The van der Waals surface area contributed by atoms with Crippen LogP contribution in [0.2, 0.25) is 5.02 Å². The summed E-state index contributed by atoms with van der Waals surface area (Å²) >= 11 is 6.23. The number of H-pyrrole nitrogens is 1. The van der Waals surface area contributed by atoms with Crippen molar-refractivity contribution in [1.29, 1.82) is 0 Å². The lowest BCUT2D eigenvalue weighted by Crippen LogP contribution is -2.30. The van der Waals surface area contributed by atoms with E-state index >= 15 is 0 Å². The molecule has 2 N–H and O–H groups in total. The van der Waals surface area contributed by atoms with Crippen molar-refractivity contribution in [2.24, 2.45) is 0 Å².